The number of rotatable bonds is 12. The van der Waals surface area contributed by atoms with Crippen LogP contribution in [0.25, 0.3) is 0 Å². The number of hydrogen-bond acceptors (Lipinski definition) is 14. The third kappa shape index (κ3) is 17.7. The number of guanidine groups is 4. The van der Waals surface area contributed by atoms with Gasteiger partial charge in [-0.1, -0.05) is 23.2 Å². The molecule has 2 aromatic carbocycles. The third-order valence-corrected chi connectivity index (χ3v) is 8.05. The zero-order valence-electron chi connectivity index (χ0n) is 30.4. The zero-order valence-corrected chi connectivity index (χ0v) is 31.9. The van der Waals surface area contributed by atoms with Gasteiger partial charge in [-0.05, 0) is 48.5 Å². The van der Waals surface area contributed by atoms with Crippen LogP contribution >= 0.6 is 23.2 Å². The van der Waals surface area contributed by atoms with Gasteiger partial charge in [-0.25, -0.2) is 19.6 Å². The van der Waals surface area contributed by atoms with Gasteiger partial charge < -0.3 is 94.0 Å². The van der Waals surface area contributed by atoms with Crippen molar-refractivity contribution < 1.29 is 70.9 Å². The smallest absolute Gasteiger partial charge is 0.335 e. The van der Waals surface area contributed by atoms with Crippen LogP contribution in [-0.4, -0.2) is 195 Å². The summed E-state index contributed by atoms with van der Waals surface area (Å²) >= 11 is 11.7. The van der Waals surface area contributed by atoms with Crippen molar-refractivity contribution in [2.75, 3.05) is 39.4 Å². The van der Waals surface area contributed by atoms with Crippen molar-refractivity contribution in [2.24, 2.45) is 42.9 Å². The summed E-state index contributed by atoms with van der Waals surface area (Å²) < 4.78 is 0. The number of nitrogens with zero attached hydrogens (tertiary/aromatic N) is 6. The molecule has 1 fully saturated rings. The van der Waals surface area contributed by atoms with Gasteiger partial charge in [0.05, 0.1) is 24.6 Å². The van der Waals surface area contributed by atoms with Crippen molar-refractivity contribution in [3.63, 3.8) is 0 Å². The Morgan fingerprint density at radius 1 is 0.552 bits per heavy atom. The second-order valence-electron chi connectivity index (χ2n) is 11.8. The lowest BCUT2D eigenvalue weighted by atomic mass is 10.0. The molecule has 2 aromatic rings. The number of piperazine rings is 1. The molecule has 1 heterocycles. The Hall–Kier alpha value is -4.96. The lowest BCUT2D eigenvalue weighted by Gasteiger charge is -2.35. The van der Waals surface area contributed by atoms with Crippen molar-refractivity contribution in [1.82, 2.24) is 9.80 Å². The molecule has 0 aliphatic carbocycles. The molecule has 26 heteroatoms. The highest BCUT2D eigenvalue weighted by atomic mass is 35.5. The first-order valence-electron chi connectivity index (χ1n) is 16.6. The summed E-state index contributed by atoms with van der Waals surface area (Å²) in [5.41, 5.74) is 25.2. The number of aliphatic hydroxyl groups excluding tert-OH is 10. The number of aliphatic imine (C=N–C) groups is 4. The first kappa shape index (κ1) is 51.1. The van der Waals surface area contributed by atoms with Gasteiger partial charge in [-0.3, -0.25) is 0 Å². The van der Waals surface area contributed by atoms with Gasteiger partial charge in [0, 0.05) is 36.2 Å². The van der Waals surface area contributed by atoms with Gasteiger partial charge in [-0.2, -0.15) is 9.98 Å². The molecular weight excluding hydrogens is 819 g/mol. The molecule has 0 unspecified atom stereocenters. The first-order valence-corrected chi connectivity index (χ1v) is 17.4. The van der Waals surface area contributed by atoms with Crippen LogP contribution in [0.5, 0.6) is 0 Å². The van der Waals surface area contributed by atoms with Crippen molar-refractivity contribution in [1.29, 1.82) is 0 Å². The Morgan fingerprint density at radius 3 is 1.07 bits per heavy atom. The molecule has 0 saturated carbocycles. The molecule has 1 aliphatic heterocycles. The summed E-state index contributed by atoms with van der Waals surface area (Å²) in [4.78, 5) is 40.7. The molecule has 0 amide bonds. The van der Waals surface area contributed by atoms with E-state index in [2.05, 4.69) is 20.0 Å². The molecule has 0 radical (unpaired) electrons. The number of carboxylic acids is 2. The van der Waals surface area contributed by atoms with Crippen molar-refractivity contribution in [3.05, 3.63) is 58.6 Å². The maximum absolute atomic E-state index is 10.1. The SMILES string of the molecule is NC(=Nc1ccc(Cl)cc1)N=C(N)N1CCN(C(N)=NC(N)=Nc2ccc(Cl)cc2)CC1.O=C(O)[C@H](O)[C@@H](O)[C@H](O)[C@H](O)CO.O=C(O)[C@H](O)[C@@H](O)[C@H](O)[C@H](O)CO. The zero-order chi connectivity index (χ0) is 44.3. The van der Waals surface area contributed by atoms with Crippen LogP contribution in [-0.2, 0) is 9.59 Å². The van der Waals surface area contributed by atoms with Crippen molar-refractivity contribution in [2.45, 2.75) is 48.8 Å². The van der Waals surface area contributed by atoms with Crippen molar-refractivity contribution in [3.8, 4) is 0 Å². The number of halogens is 2. The Balaban J connectivity index is 0.000000534. The van der Waals surface area contributed by atoms with E-state index < -0.39 is 74.0 Å². The first-order chi connectivity index (χ1) is 27.1. The number of nitrogens with two attached hydrogens (primary N) is 4. The standard InChI is InChI=1S/C20H24Cl2N10.2C6H12O7/c21-13-1-5-15(6-2-13)27-17(23)29-19(25)31-9-11-32(12-10-31)20(26)30-18(24)28-16-7-3-14(22)4-8-16;2*7-1-2(8)3(9)4(10)5(11)6(12)13/h1-8H,9-12H2,(H4,23,25,27,29)(H4,24,26,28,30);2*2-5,7-11H,1H2,(H,12,13)/t;2*2-,3-,4+,5-/m.11/s1. The normalized spacial score (nSPS) is 18.2. The highest BCUT2D eigenvalue weighted by Crippen LogP contribution is 2.17. The van der Waals surface area contributed by atoms with Crippen LogP contribution in [0.2, 0.25) is 10.0 Å². The molecule has 0 bridgehead atoms. The predicted molar refractivity (Wildman–Crippen MR) is 209 cm³/mol. The maximum Gasteiger partial charge on any atom is 0.335 e. The summed E-state index contributed by atoms with van der Waals surface area (Å²) in [5.74, 6) is -2.79. The minimum atomic E-state index is -2.20. The molecule has 20 N–H and O–H groups in total. The number of aliphatic carboxylic acids is 2. The average Bonchev–Trinajstić information content (AvgIpc) is 3.20. The lowest BCUT2D eigenvalue weighted by Crippen LogP contribution is -2.54. The Labute approximate surface area is 340 Å². The average molecular weight is 868 g/mol. The topological polar surface area (TPSA) is 437 Å². The fourth-order valence-electron chi connectivity index (χ4n) is 4.22. The fourth-order valence-corrected chi connectivity index (χ4v) is 4.48. The molecule has 3 rings (SSSR count). The second-order valence-corrected chi connectivity index (χ2v) is 12.7. The molecular formula is C32H48Cl2N10O14. The summed E-state index contributed by atoms with van der Waals surface area (Å²) in [6.45, 7) is 0.624. The van der Waals surface area contributed by atoms with Gasteiger partial charge in [-0.15, -0.1) is 0 Å². The van der Waals surface area contributed by atoms with E-state index >= 15 is 0 Å². The van der Waals surface area contributed by atoms with E-state index in [9.17, 15) is 9.59 Å². The van der Waals surface area contributed by atoms with E-state index in [0.717, 1.165) is 0 Å². The summed E-state index contributed by atoms with van der Waals surface area (Å²) in [7, 11) is 0. The van der Waals surface area contributed by atoms with Gasteiger partial charge >= 0.3 is 11.9 Å². The highest BCUT2D eigenvalue weighted by molar-refractivity contribution is 6.30. The van der Waals surface area contributed by atoms with Crippen LogP contribution in [0, 0.1) is 0 Å². The van der Waals surface area contributed by atoms with E-state index in [0.29, 0.717) is 47.6 Å². The van der Waals surface area contributed by atoms with Crippen LogP contribution in [0.1, 0.15) is 0 Å². The molecule has 324 valence electrons. The molecule has 0 spiro atoms. The van der Waals surface area contributed by atoms with Gasteiger partial charge in [0.25, 0.3) is 0 Å². The minimum absolute atomic E-state index is 0.0551. The maximum atomic E-state index is 10.1. The van der Waals surface area contributed by atoms with Gasteiger partial charge in [0.1, 0.15) is 36.6 Å². The monoisotopic (exact) mass is 866 g/mol. The number of carbonyl (C=O) groups is 2. The number of aliphatic hydroxyl groups is 10. The Morgan fingerprint density at radius 2 is 0.828 bits per heavy atom. The van der Waals surface area contributed by atoms with Crippen LogP contribution in [0.4, 0.5) is 11.4 Å². The minimum Gasteiger partial charge on any atom is -0.479 e. The van der Waals surface area contributed by atoms with Crippen LogP contribution in [0.15, 0.2) is 68.5 Å². The number of benzene rings is 2. The molecule has 8 atom stereocenters. The summed E-state index contributed by atoms with van der Waals surface area (Å²) in [6.07, 6.45) is -15.7. The summed E-state index contributed by atoms with van der Waals surface area (Å²) in [6, 6.07) is 13.8. The Kier molecular flexibility index (Phi) is 22.4. The fraction of sp³-hybridized carbons (Fsp3) is 0.438. The van der Waals surface area contributed by atoms with Crippen molar-refractivity contribution >= 4 is 70.4 Å². The van der Waals surface area contributed by atoms with Crippen LogP contribution < -0.4 is 22.9 Å². The van der Waals surface area contributed by atoms with Crippen LogP contribution in [0.3, 0.4) is 0 Å². The molecule has 58 heavy (non-hydrogen) atoms. The summed E-state index contributed by atoms with van der Waals surface area (Å²) in [5, 5.41) is 105. The molecule has 1 saturated heterocycles. The van der Waals surface area contributed by atoms with E-state index in [-0.39, 0.29) is 23.8 Å². The van der Waals surface area contributed by atoms with E-state index in [1.807, 2.05) is 9.80 Å². The van der Waals surface area contributed by atoms with Gasteiger partial charge in [0.15, 0.2) is 24.1 Å². The number of hydrogen-bond donors (Lipinski definition) is 16. The largest absolute Gasteiger partial charge is 0.479 e. The predicted octanol–water partition coefficient (Wildman–Crippen LogP) is -5.15. The quantitative estimate of drug-likeness (QED) is 0.0700. The molecule has 24 nitrogen and oxygen atoms in total. The second kappa shape index (κ2) is 25.4. The van der Waals surface area contributed by atoms with Gasteiger partial charge in [0.2, 0.25) is 11.9 Å². The number of carboxylic acid groups (broad SMARTS) is 2. The van der Waals surface area contributed by atoms with E-state index in [1.54, 1.807) is 48.5 Å². The third-order valence-electron chi connectivity index (χ3n) is 7.54. The lowest BCUT2D eigenvalue weighted by molar-refractivity contribution is -0.164. The molecule has 0 aromatic heterocycles. The van der Waals surface area contributed by atoms with E-state index in [4.69, 9.17) is 107 Å². The highest BCUT2D eigenvalue weighted by Gasteiger charge is 2.35. The molecule has 1 aliphatic rings. The van der Waals surface area contributed by atoms with E-state index in [1.165, 1.54) is 0 Å². The Bertz CT molecular complexity index is 1580.